The Hall–Kier alpha value is -1.18. The van der Waals surface area contributed by atoms with Gasteiger partial charge in [0.1, 0.15) is 0 Å². The quantitative estimate of drug-likeness (QED) is 0.715. The fourth-order valence-electron chi connectivity index (χ4n) is 2.44. The number of alkyl halides is 1. The minimum absolute atomic E-state index is 0.497. The monoisotopic (exact) mass is 277 g/mol. The third-order valence-corrected chi connectivity index (χ3v) is 3.96. The Morgan fingerprint density at radius 1 is 1.06 bits per heavy atom. The molecule has 0 unspecified atom stereocenters. The Bertz CT molecular complexity index is 580. The molecular weight excluding hydrogens is 265 g/mol. The zero-order valence-corrected chi connectivity index (χ0v) is 11.4. The Morgan fingerprint density at radius 3 is 2.67 bits per heavy atom. The zero-order chi connectivity index (χ0) is 12.5. The number of anilines is 2. The van der Waals surface area contributed by atoms with Crippen LogP contribution in [0.15, 0.2) is 42.5 Å². The van der Waals surface area contributed by atoms with E-state index in [4.69, 9.17) is 23.2 Å². The molecule has 0 aliphatic carbocycles. The number of benzene rings is 2. The van der Waals surface area contributed by atoms with Gasteiger partial charge in [0.05, 0.1) is 10.7 Å². The molecule has 0 amide bonds. The van der Waals surface area contributed by atoms with E-state index in [-0.39, 0.29) is 0 Å². The number of halogens is 2. The molecule has 0 atom stereocenters. The lowest BCUT2D eigenvalue weighted by atomic mass is 10.1. The van der Waals surface area contributed by atoms with Crippen LogP contribution in [0.2, 0.25) is 5.02 Å². The van der Waals surface area contributed by atoms with Crippen molar-refractivity contribution in [1.29, 1.82) is 0 Å². The number of nitrogens with zero attached hydrogens (tertiary/aromatic N) is 1. The fourth-order valence-corrected chi connectivity index (χ4v) is 2.91. The van der Waals surface area contributed by atoms with Gasteiger partial charge < -0.3 is 4.90 Å². The molecule has 1 nitrogen and oxygen atoms in total. The fraction of sp³-hybridized carbons (Fsp3) is 0.200. The van der Waals surface area contributed by atoms with Crippen LogP contribution in [0.1, 0.15) is 11.1 Å². The van der Waals surface area contributed by atoms with Gasteiger partial charge in [-0.1, -0.05) is 35.9 Å². The lowest BCUT2D eigenvalue weighted by Crippen LogP contribution is -2.13. The van der Waals surface area contributed by atoms with Gasteiger partial charge in [-0.3, -0.25) is 0 Å². The highest BCUT2D eigenvalue weighted by Crippen LogP contribution is 2.38. The molecule has 0 radical (unpaired) electrons. The molecule has 2 aromatic carbocycles. The molecule has 18 heavy (non-hydrogen) atoms. The van der Waals surface area contributed by atoms with E-state index < -0.39 is 0 Å². The Morgan fingerprint density at radius 2 is 1.89 bits per heavy atom. The first-order valence-electron chi connectivity index (χ1n) is 5.99. The van der Waals surface area contributed by atoms with E-state index in [0.717, 1.165) is 29.2 Å². The van der Waals surface area contributed by atoms with Gasteiger partial charge in [-0.2, -0.15) is 0 Å². The second-order valence-corrected chi connectivity index (χ2v) is 5.12. The van der Waals surface area contributed by atoms with Crippen LogP contribution in [0.4, 0.5) is 11.4 Å². The van der Waals surface area contributed by atoms with Gasteiger partial charge >= 0.3 is 0 Å². The number of para-hydroxylation sites is 1. The molecule has 0 saturated heterocycles. The predicted molar refractivity (Wildman–Crippen MR) is 78.2 cm³/mol. The topological polar surface area (TPSA) is 3.24 Å². The summed E-state index contributed by atoms with van der Waals surface area (Å²) in [4.78, 5) is 2.27. The summed E-state index contributed by atoms with van der Waals surface area (Å²) in [5.74, 6) is 0.497. The summed E-state index contributed by atoms with van der Waals surface area (Å²) in [6.45, 7) is 0.985. The van der Waals surface area contributed by atoms with Gasteiger partial charge in [-0.05, 0) is 35.7 Å². The number of hydrogen-bond acceptors (Lipinski definition) is 1. The smallest absolute Gasteiger partial charge is 0.0646 e. The van der Waals surface area contributed by atoms with E-state index in [1.807, 2.05) is 12.1 Å². The minimum Gasteiger partial charge on any atom is -0.340 e. The van der Waals surface area contributed by atoms with Crippen molar-refractivity contribution < 1.29 is 0 Å². The Balaban J connectivity index is 2.02. The molecule has 1 aliphatic heterocycles. The van der Waals surface area contributed by atoms with Crippen LogP contribution in [0.5, 0.6) is 0 Å². The van der Waals surface area contributed by atoms with Crippen molar-refractivity contribution in [2.45, 2.75) is 12.3 Å². The van der Waals surface area contributed by atoms with Gasteiger partial charge in [-0.15, -0.1) is 11.6 Å². The van der Waals surface area contributed by atoms with E-state index in [0.29, 0.717) is 5.88 Å². The van der Waals surface area contributed by atoms with Crippen molar-refractivity contribution in [3.63, 3.8) is 0 Å². The van der Waals surface area contributed by atoms with Crippen LogP contribution in [-0.4, -0.2) is 6.54 Å². The van der Waals surface area contributed by atoms with Gasteiger partial charge in [-0.25, -0.2) is 0 Å². The zero-order valence-electron chi connectivity index (χ0n) is 9.87. The molecule has 0 aromatic heterocycles. The van der Waals surface area contributed by atoms with Crippen LogP contribution in [0.25, 0.3) is 0 Å². The summed E-state index contributed by atoms with van der Waals surface area (Å²) in [7, 11) is 0. The van der Waals surface area contributed by atoms with Gasteiger partial charge in [0, 0.05) is 18.1 Å². The lowest BCUT2D eigenvalue weighted by molar-refractivity contribution is 0.998. The maximum absolute atomic E-state index is 6.35. The number of hydrogen-bond donors (Lipinski definition) is 0. The average Bonchev–Trinajstić information content (AvgIpc) is 2.82. The van der Waals surface area contributed by atoms with Gasteiger partial charge in [0.25, 0.3) is 0 Å². The molecule has 3 heteroatoms. The third kappa shape index (κ3) is 1.98. The summed E-state index contributed by atoms with van der Waals surface area (Å²) in [5.41, 5.74) is 4.77. The van der Waals surface area contributed by atoms with Crippen molar-refractivity contribution in [2.24, 2.45) is 0 Å². The second kappa shape index (κ2) is 4.83. The molecule has 1 aliphatic rings. The SMILES string of the molecule is ClCc1ccc(N2CCc3ccccc32)c(Cl)c1. The first-order valence-corrected chi connectivity index (χ1v) is 6.90. The maximum Gasteiger partial charge on any atom is 0.0646 e. The molecule has 0 bridgehead atoms. The summed E-state index contributed by atoms with van der Waals surface area (Å²) in [6.07, 6.45) is 1.07. The summed E-state index contributed by atoms with van der Waals surface area (Å²) < 4.78 is 0. The molecule has 0 fully saturated rings. The molecule has 1 heterocycles. The Kier molecular flexibility index (Phi) is 3.19. The minimum atomic E-state index is 0.497. The molecule has 0 N–H and O–H groups in total. The van der Waals surface area contributed by atoms with E-state index in [2.05, 4.69) is 35.2 Å². The average molecular weight is 278 g/mol. The standard InChI is InChI=1S/C15H13Cl2N/c16-10-11-5-6-15(13(17)9-11)18-8-7-12-3-1-2-4-14(12)18/h1-6,9H,7-8,10H2. The third-order valence-electron chi connectivity index (χ3n) is 3.34. The molecule has 0 saturated carbocycles. The Labute approximate surface area is 117 Å². The highest BCUT2D eigenvalue weighted by Gasteiger charge is 2.21. The molecule has 3 rings (SSSR count). The van der Waals surface area contributed by atoms with Crippen molar-refractivity contribution >= 4 is 34.6 Å². The first kappa shape index (κ1) is 11.9. The van der Waals surface area contributed by atoms with Crippen molar-refractivity contribution in [1.82, 2.24) is 0 Å². The highest BCUT2D eigenvalue weighted by molar-refractivity contribution is 6.33. The van der Waals surface area contributed by atoms with E-state index in [1.165, 1.54) is 11.3 Å². The van der Waals surface area contributed by atoms with Gasteiger partial charge in [0.15, 0.2) is 0 Å². The summed E-state index contributed by atoms with van der Waals surface area (Å²) >= 11 is 12.2. The van der Waals surface area contributed by atoms with Gasteiger partial charge in [0.2, 0.25) is 0 Å². The number of rotatable bonds is 2. The highest BCUT2D eigenvalue weighted by atomic mass is 35.5. The summed E-state index contributed by atoms with van der Waals surface area (Å²) in [5, 5.41) is 0.768. The predicted octanol–water partition coefficient (Wildman–Crippen LogP) is 4.77. The lowest BCUT2D eigenvalue weighted by Gasteiger charge is -2.21. The van der Waals surface area contributed by atoms with Crippen molar-refractivity contribution in [2.75, 3.05) is 11.4 Å². The molecule has 0 spiro atoms. The van der Waals surface area contributed by atoms with Crippen LogP contribution in [0.3, 0.4) is 0 Å². The summed E-state index contributed by atoms with van der Waals surface area (Å²) in [6, 6.07) is 14.5. The van der Waals surface area contributed by atoms with Crippen molar-refractivity contribution in [3.05, 3.63) is 58.6 Å². The van der Waals surface area contributed by atoms with E-state index in [1.54, 1.807) is 0 Å². The normalized spacial score (nSPS) is 13.8. The molecular formula is C15H13Cl2N. The van der Waals surface area contributed by atoms with Crippen LogP contribution in [0, 0.1) is 0 Å². The molecule has 92 valence electrons. The largest absolute Gasteiger partial charge is 0.340 e. The van der Waals surface area contributed by atoms with Crippen LogP contribution in [-0.2, 0) is 12.3 Å². The van der Waals surface area contributed by atoms with Crippen molar-refractivity contribution in [3.8, 4) is 0 Å². The maximum atomic E-state index is 6.35. The van der Waals surface area contributed by atoms with E-state index >= 15 is 0 Å². The van der Waals surface area contributed by atoms with Crippen LogP contribution < -0.4 is 4.90 Å². The molecule has 2 aromatic rings. The van der Waals surface area contributed by atoms with Crippen LogP contribution >= 0.6 is 23.2 Å². The first-order chi connectivity index (χ1) is 8.79. The number of fused-ring (bicyclic) bond motifs is 1. The second-order valence-electron chi connectivity index (χ2n) is 4.45. The van der Waals surface area contributed by atoms with E-state index in [9.17, 15) is 0 Å².